The van der Waals surface area contributed by atoms with E-state index in [1.165, 1.54) is 0 Å². The van der Waals surface area contributed by atoms with Gasteiger partial charge in [0.05, 0.1) is 17.0 Å². The molecule has 0 unspecified atom stereocenters. The highest BCUT2D eigenvalue weighted by Gasteiger charge is 2.30. The maximum Gasteiger partial charge on any atom is 0.340 e. The van der Waals surface area contributed by atoms with Gasteiger partial charge in [-0.2, -0.15) is 0 Å². The van der Waals surface area contributed by atoms with Crippen LogP contribution in [0.15, 0.2) is 51.6 Å². The highest BCUT2D eigenvalue weighted by atomic mass is 19.1. The summed E-state index contributed by atoms with van der Waals surface area (Å²) < 4.78 is 19.2. The molecule has 3 N–H and O–H groups in total. The van der Waals surface area contributed by atoms with Crippen LogP contribution in [-0.2, 0) is 16.1 Å². The third kappa shape index (κ3) is 3.82. The molecule has 1 aliphatic carbocycles. The topological polar surface area (TPSA) is 91.4 Å². The van der Waals surface area contributed by atoms with Crippen molar-refractivity contribution < 1.29 is 19.0 Å². The highest BCUT2D eigenvalue weighted by molar-refractivity contribution is 5.79. The van der Waals surface area contributed by atoms with Crippen molar-refractivity contribution in [2.75, 3.05) is 6.54 Å². The second-order valence-electron chi connectivity index (χ2n) is 7.50. The van der Waals surface area contributed by atoms with E-state index >= 15 is 0 Å². The lowest BCUT2D eigenvalue weighted by Crippen LogP contribution is -2.30. The average Bonchev–Trinajstić information content (AvgIpc) is 2.73. The van der Waals surface area contributed by atoms with Crippen LogP contribution in [-0.4, -0.2) is 22.6 Å². The number of H-pyrrole nitrogens is 1. The number of pyridine rings is 1. The van der Waals surface area contributed by atoms with Gasteiger partial charge in [-0.15, -0.1) is 0 Å². The molecule has 3 aliphatic rings. The molecule has 1 atom stereocenters. The second-order valence-corrected chi connectivity index (χ2v) is 7.50. The minimum absolute atomic E-state index is 0.157. The van der Waals surface area contributed by atoms with Crippen LogP contribution in [0.5, 0.6) is 0 Å². The van der Waals surface area contributed by atoms with Crippen LogP contribution in [0.3, 0.4) is 0 Å². The number of carbonyl (C=O) groups is 1. The molecule has 4 rings (SSSR count). The minimum atomic E-state index is -1.48. The van der Waals surface area contributed by atoms with Crippen molar-refractivity contribution in [2.24, 2.45) is 0 Å². The van der Waals surface area contributed by atoms with E-state index in [-0.39, 0.29) is 23.6 Å². The van der Waals surface area contributed by atoms with Gasteiger partial charge in [0, 0.05) is 12.1 Å². The van der Waals surface area contributed by atoms with Gasteiger partial charge in [-0.1, -0.05) is 6.08 Å². The van der Waals surface area contributed by atoms with Gasteiger partial charge in [-0.25, -0.2) is 9.18 Å². The first kappa shape index (κ1) is 19.4. The first-order valence-corrected chi connectivity index (χ1v) is 9.77. The number of ether oxygens (including phenoxy) is 1. The number of rotatable bonds is 1. The molecule has 0 saturated carbocycles. The number of fused-ring (bicyclic) bond motifs is 2. The number of esters is 1. The van der Waals surface area contributed by atoms with Crippen LogP contribution in [0, 0.1) is 0 Å². The van der Waals surface area contributed by atoms with Crippen LogP contribution >= 0.6 is 0 Å². The molecule has 152 valence electrons. The Morgan fingerprint density at radius 3 is 2.90 bits per heavy atom. The summed E-state index contributed by atoms with van der Waals surface area (Å²) in [4.78, 5) is 27.0. The zero-order chi connectivity index (χ0) is 20.5. The van der Waals surface area contributed by atoms with Gasteiger partial charge in [-0.3, -0.25) is 4.79 Å². The van der Waals surface area contributed by atoms with E-state index in [4.69, 9.17) is 4.74 Å². The van der Waals surface area contributed by atoms with Crippen molar-refractivity contribution in [2.45, 2.75) is 45.3 Å². The number of aliphatic hydroxyl groups excluding tert-OH is 1. The van der Waals surface area contributed by atoms with Crippen molar-refractivity contribution in [3.05, 3.63) is 74.0 Å². The predicted molar refractivity (Wildman–Crippen MR) is 106 cm³/mol. The molecule has 6 nitrogen and oxygen atoms in total. The third-order valence-corrected chi connectivity index (χ3v) is 5.56. The zero-order valence-electron chi connectivity index (χ0n) is 16.2. The smallest absolute Gasteiger partial charge is 0.340 e. The van der Waals surface area contributed by atoms with Crippen LogP contribution in [0.4, 0.5) is 4.39 Å². The number of aliphatic hydroxyl groups is 1. The normalized spacial score (nSPS) is 26.7. The molecule has 7 heteroatoms. The summed E-state index contributed by atoms with van der Waals surface area (Å²) in [7, 11) is 0. The third-order valence-electron chi connectivity index (χ3n) is 5.56. The van der Waals surface area contributed by atoms with Gasteiger partial charge in [0.25, 0.3) is 5.56 Å². The maximum atomic E-state index is 14.4. The summed E-state index contributed by atoms with van der Waals surface area (Å²) in [5, 5.41) is 13.4. The van der Waals surface area contributed by atoms with E-state index in [0.717, 1.165) is 30.4 Å². The van der Waals surface area contributed by atoms with Crippen LogP contribution in [0.2, 0.25) is 0 Å². The predicted octanol–water partition coefficient (Wildman–Crippen LogP) is 3.08. The Hall–Kier alpha value is -2.93. The Kier molecular flexibility index (Phi) is 5.24. The summed E-state index contributed by atoms with van der Waals surface area (Å²) in [5.41, 5.74) is 3.93. The monoisotopic (exact) mass is 398 g/mol. The molecule has 2 bridgehead atoms. The SMILES string of the molecule is C/C1=C2C=C(/C=C(/c3cc4c(c(=O)[nH]3)COC(=O)[C@H]4O)NCCC=C1F)CCC/2. The first-order valence-electron chi connectivity index (χ1n) is 9.77. The molecule has 0 amide bonds. The first-order chi connectivity index (χ1) is 13.9. The lowest BCUT2D eigenvalue weighted by Gasteiger charge is -2.22. The number of halogens is 1. The fourth-order valence-electron chi connectivity index (χ4n) is 3.88. The van der Waals surface area contributed by atoms with E-state index in [2.05, 4.69) is 10.3 Å². The minimum Gasteiger partial charge on any atom is -0.458 e. The molecule has 3 heterocycles. The number of hydrogen-bond donors (Lipinski definition) is 3. The Labute approximate surface area is 167 Å². The van der Waals surface area contributed by atoms with Gasteiger partial charge in [0.1, 0.15) is 12.4 Å². The molecule has 2 aliphatic heterocycles. The molecule has 0 radical (unpaired) electrons. The van der Waals surface area contributed by atoms with Crippen LogP contribution in [0.1, 0.15) is 55.5 Å². The number of aromatic amines is 1. The summed E-state index contributed by atoms with van der Waals surface area (Å²) in [6.07, 6.45) is 7.10. The number of hydrogen-bond acceptors (Lipinski definition) is 5. The number of allylic oxidation sites excluding steroid dienone is 6. The Morgan fingerprint density at radius 2 is 2.07 bits per heavy atom. The second kappa shape index (κ2) is 7.83. The van der Waals surface area contributed by atoms with Gasteiger partial charge >= 0.3 is 5.97 Å². The van der Waals surface area contributed by atoms with Crippen molar-refractivity contribution in [1.29, 1.82) is 0 Å². The van der Waals surface area contributed by atoms with E-state index in [9.17, 15) is 19.1 Å². The fraction of sp³-hybridized carbons (Fsp3) is 0.364. The Balaban J connectivity index is 1.80. The number of carbonyl (C=O) groups excluding carboxylic acids is 1. The molecular weight excluding hydrogens is 375 g/mol. The van der Waals surface area contributed by atoms with Crippen molar-refractivity contribution in [1.82, 2.24) is 10.3 Å². The van der Waals surface area contributed by atoms with Gasteiger partial charge in [0.15, 0.2) is 6.10 Å². The molecular formula is C22H23FN2O4. The number of cyclic esters (lactones) is 1. The van der Waals surface area contributed by atoms with Crippen molar-refractivity contribution in [3.63, 3.8) is 0 Å². The van der Waals surface area contributed by atoms with E-state index in [1.54, 1.807) is 19.1 Å². The lowest BCUT2D eigenvalue weighted by molar-refractivity contribution is -0.157. The Bertz CT molecular complexity index is 1050. The molecule has 0 spiro atoms. The molecule has 0 aromatic carbocycles. The zero-order valence-corrected chi connectivity index (χ0v) is 16.2. The van der Waals surface area contributed by atoms with E-state index < -0.39 is 17.6 Å². The van der Waals surface area contributed by atoms with E-state index in [1.807, 2.05) is 12.2 Å². The molecule has 1 aromatic rings. The van der Waals surface area contributed by atoms with Gasteiger partial charge in [-0.05, 0) is 67.5 Å². The molecule has 1 aromatic heterocycles. The van der Waals surface area contributed by atoms with E-state index in [0.29, 0.717) is 29.9 Å². The quantitative estimate of drug-likeness (QED) is 0.633. The molecule has 0 fully saturated rings. The summed E-state index contributed by atoms with van der Waals surface area (Å²) in [5.74, 6) is -0.967. The average molecular weight is 398 g/mol. The lowest BCUT2D eigenvalue weighted by atomic mass is 9.91. The molecule has 29 heavy (non-hydrogen) atoms. The summed E-state index contributed by atoms with van der Waals surface area (Å²) in [6.45, 7) is 2.12. The standard InChI is InChI=1S/C22H23FN2O4/c1-12-14-5-2-4-13(8-14)9-18(24-7-3-6-17(12)23)19-10-15-16(21(27)25-19)11-29-22(28)20(15)26/h6,8-10,20,24,26H,2-5,7,11H2,1H3,(H,25,27)/b14-12-,17-6?,18-9-/t20-/m0/s1. The maximum absolute atomic E-state index is 14.4. The highest BCUT2D eigenvalue weighted by Crippen LogP contribution is 2.31. The largest absolute Gasteiger partial charge is 0.458 e. The van der Waals surface area contributed by atoms with Gasteiger partial charge < -0.3 is 20.1 Å². The fourth-order valence-corrected chi connectivity index (χ4v) is 3.88. The van der Waals surface area contributed by atoms with Crippen molar-refractivity contribution >= 4 is 11.7 Å². The molecule has 0 saturated heterocycles. The summed E-state index contributed by atoms with van der Waals surface area (Å²) in [6, 6.07) is 1.61. The van der Waals surface area contributed by atoms with Crippen molar-refractivity contribution in [3.8, 4) is 0 Å². The number of aromatic nitrogens is 1. The van der Waals surface area contributed by atoms with Gasteiger partial charge in [0.2, 0.25) is 0 Å². The van der Waals surface area contributed by atoms with Crippen LogP contribution in [0.25, 0.3) is 5.70 Å². The van der Waals surface area contributed by atoms with Crippen LogP contribution < -0.4 is 10.9 Å². The summed E-state index contributed by atoms with van der Waals surface area (Å²) >= 11 is 0. The Morgan fingerprint density at radius 1 is 1.24 bits per heavy atom. The number of nitrogens with one attached hydrogen (secondary N) is 2.